The topological polar surface area (TPSA) is 71.2 Å². The van der Waals surface area contributed by atoms with E-state index in [0.29, 0.717) is 12.1 Å². The summed E-state index contributed by atoms with van der Waals surface area (Å²) in [6.07, 6.45) is 3.38. The summed E-state index contributed by atoms with van der Waals surface area (Å²) < 4.78 is 0. The molecule has 0 bridgehead atoms. The average molecular weight is 259 g/mol. The Morgan fingerprint density at radius 3 is 2.84 bits per heavy atom. The third-order valence-corrected chi connectivity index (χ3v) is 3.68. The van der Waals surface area contributed by atoms with Crippen LogP contribution >= 0.6 is 0 Å². The third kappa shape index (κ3) is 2.79. The van der Waals surface area contributed by atoms with Crippen LogP contribution in [0.5, 0.6) is 0 Å². The standard InChI is InChI=1S/C15H21N3O/c1-3-15(2,8-10-19)18-13-7-6-12(16)14-11(13)5-4-9-17-14/h4-7,9,18-19H,3,8,10,16H2,1-2H3. The lowest BCUT2D eigenvalue weighted by Gasteiger charge is -2.31. The molecule has 0 saturated heterocycles. The van der Waals surface area contributed by atoms with Crippen molar-refractivity contribution in [2.45, 2.75) is 32.2 Å². The van der Waals surface area contributed by atoms with E-state index < -0.39 is 0 Å². The Morgan fingerprint density at radius 1 is 1.37 bits per heavy atom. The molecule has 0 aliphatic heterocycles. The van der Waals surface area contributed by atoms with E-state index in [1.54, 1.807) is 6.20 Å². The van der Waals surface area contributed by atoms with Crippen LogP contribution in [0, 0.1) is 0 Å². The number of nitrogens with two attached hydrogens (primary N) is 1. The van der Waals surface area contributed by atoms with Crippen LogP contribution in [0.4, 0.5) is 11.4 Å². The highest BCUT2D eigenvalue weighted by atomic mass is 16.3. The van der Waals surface area contributed by atoms with Gasteiger partial charge in [0.1, 0.15) is 0 Å². The molecular weight excluding hydrogens is 238 g/mol. The third-order valence-electron chi connectivity index (χ3n) is 3.68. The van der Waals surface area contributed by atoms with Gasteiger partial charge < -0.3 is 16.2 Å². The highest BCUT2D eigenvalue weighted by molar-refractivity contribution is 5.98. The number of benzene rings is 1. The number of nitrogen functional groups attached to an aromatic ring is 1. The maximum Gasteiger partial charge on any atom is 0.0951 e. The number of anilines is 2. The fourth-order valence-corrected chi connectivity index (χ4v) is 2.20. The number of aromatic nitrogens is 1. The summed E-state index contributed by atoms with van der Waals surface area (Å²) in [6, 6.07) is 7.76. The lowest BCUT2D eigenvalue weighted by atomic mass is 9.94. The second kappa shape index (κ2) is 5.45. The number of pyridine rings is 1. The van der Waals surface area contributed by atoms with Gasteiger partial charge in [-0.05, 0) is 44.0 Å². The largest absolute Gasteiger partial charge is 0.397 e. The maximum absolute atomic E-state index is 9.20. The minimum Gasteiger partial charge on any atom is -0.397 e. The van der Waals surface area contributed by atoms with Gasteiger partial charge in [0.15, 0.2) is 0 Å². The second-order valence-corrected chi connectivity index (χ2v) is 5.11. The molecule has 0 saturated carbocycles. The van der Waals surface area contributed by atoms with E-state index in [1.807, 2.05) is 24.3 Å². The molecular formula is C15H21N3O. The molecule has 1 atom stereocenters. The number of rotatable bonds is 5. The first kappa shape index (κ1) is 13.6. The normalized spacial score (nSPS) is 14.3. The van der Waals surface area contributed by atoms with Crippen molar-refractivity contribution >= 4 is 22.3 Å². The Kier molecular flexibility index (Phi) is 3.90. The second-order valence-electron chi connectivity index (χ2n) is 5.11. The van der Waals surface area contributed by atoms with Crippen LogP contribution in [0.2, 0.25) is 0 Å². The zero-order valence-corrected chi connectivity index (χ0v) is 11.5. The van der Waals surface area contributed by atoms with Gasteiger partial charge in [-0.3, -0.25) is 4.98 Å². The highest BCUT2D eigenvalue weighted by Gasteiger charge is 2.22. The van der Waals surface area contributed by atoms with E-state index in [1.165, 1.54) is 0 Å². The number of hydrogen-bond acceptors (Lipinski definition) is 4. The Labute approximate surface area is 113 Å². The molecule has 1 heterocycles. The van der Waals surface area contributed by atoms with Crippen LogP contribution in [0.1, 0.15) is 26.7 Å². The molecule has 0 radical (unpaired) electrons. The van der Waals surface area contributed by atoms with Crippen LogP contribution in [-0.2, 0) is 0 Å². The zero-order chi connectivity index (χ0) is 13.9. The van der Waals surface area contributed by atoms with Crippen LogP contribution < -0.4 is 11.1 Å². The van der Waals surface area contributed by atoms with E-state index in [-0.39, 0.29) is 12.1 Å². The van der Waals surface area contributed by atoms with Gasteiger partial charge in [0.2, 0.25) is 0 Å². The summed E-state index contributed by atoms with van der Waals surface area (Å²) >= 11 is 0. The molecule has 1 aromatic carbocycles. The van der Waals surface area contributed by atoms with Crippen molar-refractivity contribution in [2.75, 3.05) is 17.7 Å². The Bertz CT molecular complexity index is 570. The van der Waals surface area contributed by atoms with Gasteiger partial charge in [0.25, 0.3) is 0 Å². The van der Waals surface area contributed by atoms with Crippen molar-refractivity contribution in [3.05, 3.63) is 30.5 Å². The molecule has 0 fully saturated rings. The van der Waals surface area contributed by atoms with Crippen LogP contribution in [0.3, 0.4) is 0 Å². The highest BCUT2D eigenvalue weighted by Crippen LogP contribution is 2.30. The molecule has 4 N–H and O–H groups in total. The summed E-state index contributed by atoms with van der Waals surface area (Å²) in [7, 11) is 0. The minimum atomic E-state index is -0.131. The van der Waals surface area contributed by atoms with Gasteiger partial charge in [-0.2, -0.15) is 0 Å². The minimum absolute atomic E-state index is 0.131. The number of aliphatic hydroxyl groups excluding tert-OH is 1. The van der Waals surface area contributed by atoms with Gasteiger partial charge in [-0.15, -0.1) is 0 Å². The number of nitrogens with zero attached hydrogens (tertiary/aromatic N) is 1. The molecule has 2 rings (SSSR count). The van der Waals surface area contributed by atoms with Crippen molar-refractivity contribution in [1.82, 2.24) is 4.98 Å². The molecule has 19 heavy (non-hydrogen) atoms. The van der Waals surface area contributed by atoms with Gasteiger partial charge in [-0.25, -0.2) is 0 Å². The Morgan fingerprint density at radius 2 is 2.16 bits per heavy atom. The first-order valence-electron chi connectivity index (χ1n) is 6.62. The van der Waals surface area contributed by atoms with Crippen molar-refractivity contribution in [1.29, 1.82) is 0 Å². The van der Waals surface area contributed by atoms with Crippen molar-refractivity contribution in [2.24, 2.45) is 0 Å². The summed E-state index contributed by atoms with van der Waals surface area (Å²) in [6.45, 7) is 4.39. The van der Waals surface area contributed by atoms with Gasteiger partial charge >= 0.3 is 0 Å². The molecule has 4 nitrogen and oxygen atoms in total. The molecule has 4 heteroatoms. The number of fused-ring (bicyclic) bond motifs is 1. The van der Waals surface area contributed by atoms with E-state index in [0.717, 1.165) is 23.0 Å². The van der Waals surface area contributed by atoms with Crippen LogP contribution in [0.25, 0.3) is 10.9 Å². The maximum atomic E-state index is 9.20. The Hall–Kier alpha value is -1.81. The lowest BCUT2D eigenvalue weighted by Crippen LogP contribution is -2.35. The van der Waals surface area contributed by atoms with E-state index in [2.05, 4.69) is 24.1 Å². The molecule has 102 valence electrons. The van der Waals surface area contributed by atoms with Crippen molar-refractivity contribution in [3.8, 4) is 0 Å². The van der Waals surface area contributed by atoms with Gasteiger partial charge in [0, 0.05) is 29.4 Å². The van der Waals surface area contributed by atoms with Gasteiger partial charge in [-0.1, -0.05) is 6.92 Å². The first-order valence-corrected chi connectivity index (χ1v) is 6.62. The van der Waals surface area contributed by atoms with E-state index >= 15 is 0 Å². The van der Waals surface area contributed by atoms with E-state index in [9.17, 15) is 5.11 Å². The molecule has 0 aliphatic carbocycles. The fourth-order valence-electron chi connectivity index (χ4n) is 2.20. The van der Waals surface area contributed by atoms with Crippen LogP contribution in [-0.4, -0.2) is 22.2 Å². The summed E-state index contributed by atoms with van der Waals surface area (Å²) in [5.41, 5.74) is 8.32. The van der Waals surface area contributed by atoms with Gasteiger partial charge in [0.05, 0.1) is 11.2 Å². The molecule has 0 amide bonds. The van der Waals surface area contributed by atoms with Crippen molar-refractivity contribution in [3.63, 3.8) is 0 Å². The predicted octanol–water partition coefficient (Wildman–Crippen LogP) is 2.78. The quantitative estimate of drug-likeness (QED) is 0.722. The number of nitrogens with one attached hydrogen (secondary N) is 1. The summed E-state index contributed by atoms with van der Waals surface area (Å²) in [5, 5.41) is 13.7. The number of hydrogen-bond donors (Lipinski definition) is 3. The smallest absolute Gasteiger partial charge is 0.0951 e. The van der Waals surface area contributed by atoms with E-state index in [4.69, 9.17) is 5.73 Å². The molecule has 1 unspecified atom stereocenters. The molecule has 1 aromatic heterocycles. The summed E-state index contributed by atoms with van der Waals surface area (Å²) in [4.78, 5) is 4.33. The fraction of sp³-hybridized carbons (Fsp3) is 0.400. The number of aliphatic hydroxyl groups is 1. The average Bonchev–Trinajstić information content (AvgIpc) is 2.43. The zero-order valence-electron chi connectivity index (χ0n) is 11.5. The lowest BCUT2D eigenvalue weighted by molar-refractivity contribution is 0.252. The Balaban J connectivity index is 2.43. The first-order chi connectivity index (χ1) is 9.09. The molecule has 0 spiro atoms. The molecule has 2 aromatic rings. The summed E-state index contributed by atoms with van der Waals surface area (Å²) in [5.74, 6) is 0. The predicted molar refractivity (Wildman–Crippen MR) is 80.2 cm³/mol. The molecule has 0 aliphatic rings. The van der Waals surface area contributed by atoms with Crippen LogP contribution in [0.15, 0.2) is 30.5 Å². The SMILES string of the molecule is CCC(C)(CCO)Nc1ccc(N)c2ncccc12. The monoisotopic (exact) mass is 259 g/mol. The van der Waals surface area contributed by atoms with Crippen molar-refractivity contribution < 1.29 is 5.11 Å².